The molecule has 0 aliphatic carbocycles. The van der Waals surface area contributed by atoms with Gasteiger partial charge in [0.25, 0.3) is 5.69 Å². The molecule has 3 rings (SSSR count). The molecule has 2 N–H and O–H groups in total. The largest absolute Gasteiger partial charge is 0.493 e. The van der Waals surface area contributed by atoms with Crippen molar-refractivity contribution >= 4 is 43.9 Å². The summed E-state index contributed by atoms with van der Waals surface area (Å²) < 4.78 is 0.897. The highest BCUT2D eigenvalue weighted by Gasteiger charge is 2.14. The normalized spacial score (nSPS) is 11.4. The van der Waals surface area contributed by atoms with Gasteiger partial charge in [-0.1, -0.05) is 28.1 Å². The van der Waals surface area contributed by atoms with Crippen LogP contribution in [0.25, 0.3) is 10.9 Å². The number of aromatic nitrogens is 1. The molecule has 1 aromatic heterocycles. The van der Waals surface area contributed by atoms with Gasteiger partial charge >= 0.3 is 0 Å². The summed E-state index contributed by atoms with van der Waals surface area (Å²) in [5.74, 6) is -0.139. The van der Waals surface area contributed by atoms with E-state index in [1.807, 2.05) is 19.1 Å². The van der Waals surface area contributed by atoms with Crippen LogP contribution in [0.3, 0.4) is 0 Å². The molecule has 1 heterocycles. The van der Waals surface area contributed by atoms with Gasteiger partial charge in [0, 0.05) is 15.9 Å². The summed E-state index contributed by atoms with van der Waals surface area (Å²) in [4.78, 5) is 13.3. The molecule has 3 aromatic rings. The molecule has 0 saturated carbocycles. The van der Waals surface area contributed by atoms with Gasteiger partial charge in [-0.15, -0.1) is 10.2 Å². The van der Waals surface area contributed by atoms with Gasteiger partial charge in [0.2, 0.25) is 5.88 Å². The Kier molecular flexibility index (Phi) is 3.83. The van der Waals surface area contributed by atoms with Crippen molar-refractivity contribution in [3.8, 4) is 5.88 Å². The van der Waals surface area contributed by atoms with Crippen LogP contribution in [0.15, 0.2) is 51.1 Å². The highest BCUT2D eigenvalue weighted by Crippen LogP contribution is 2.39. The van der Waals surface area contributed by atoms with E-state index in [0.717, 1.165) is 10.0 Å². The molecule has 0 amide bonds. The van der Waals surface area contributed by atoms with Gasteiger partial charge in [0.05, 0.1) is 10.4 Å². The van der Waals surface area contributed by atoms with Crippen molar-refractivity contribution in [1.82, 2.24) is 4.98 Å². The Morgan fingerprint density at radius 3 is 2.74 bits per heavy atom. The number of hydrogen-bond acceptors (Lipinski definition) is 5. The van der Waals surface area contributed by atoms with Crippen molar-refractivity contribution in [1.29, 1.82) is 0 Å². The standard InChI is InChI=1S/C15H11BrN4O3/c1-8-6-9-12(7-10(8)16)17-15(21)14(9)19-18-11-4-2-3-5-13(11)20(22)23/h2-7,17,21H,1H3. The maximum Gasteiger partial charge on any atom is 0.296 e. The number of aromatic hydroxyl groups is 1. The molecular formula is C15H11BrN4O3. The summed E-state index contributed by atoms with van der Waals surface area (Å²) in [7, 11) is 0. The van der Waals surface area contributed by atoms with Gasteiger partial charge in [0.1, 0.15) is 0 Å². The molecule has 7 nitrogen and oxygen atoms in total. The number of halogens is 1. The van der Waals surface area contributed by atoms with Gasteiger partial charge in [-0.3, -0.25) is 10.1 Å². The number of para-hydroxylation sites is 1. The zero-order valence-electron chi connectivity index (χ0n) is 11.9. The zero-order chi connectivity index (χ0) is 16.6. The lowest BCUT2D eigenvalue weighted by molar-refractivity contribution is -0.384. The number of hydrogen-bond donors (Lipinski definition) is 2. The van der Waals surface area contributed by atoms with Crippen molar-refractivity contribution < 1.29 is 10.0 Å². The van der Waals surface area contributed by atoms with E-state index in [4.69, 9.17) is 0 Å². The molecule has 0 unspecified atom stereocenters. The summed E-state index contributed by atoms with van der Waals surface area (Å²) in [5.41, 5.74) is 1.89. The number of fused-ring (bicyclic) bond motifs is 1. The molecule has 8 heteroatoms. The minimum absolute atomic E-state index is 0.125. The molecule has 0 radical (unpaired) electrons. The SMILES string of the molecule is Cc1cc2c(N=Nc3ccccc3[N+](=O)[O-])c(O)[nH]c2cc1Br. The predicted octanol–water partition coefficient (Wildman–Crippen LogP) is 5.27. The van der Waals surface area contributed by atoms with Gasteiger partial charge in [0.15, 0.2) is 11.4 Å². The van der Waals surface area contributed by atoms with E-state index in [1.54, 1.807) is 12.1 Å². The van der Waals surface area contributed by atoms with Gasteiger partial charge < -0.3 is 10.1 Å². The van der Waals surface area contributed by atoms with Gasteiger partial charge in [-0.05, 0) is 30.7 Å². The fourth-order valence-electron chi connectivity index (χ4n) is 2.20. The fraction of sp³-hybridized carbons (Fsp3) is 0.0667. The van der Waals surface area contributed by atoms with Crippen molar-refractivity contribution in [3.05, 3.63) is 56.5 Å². The maximum atomic E-state index is 11.0. The number of aromatic amines is 1. The molecule has 0 aliphatic heterocycles. The Morgan fingerprint density at radius 2 is 2.00 bits per heavy atom. The van der Waals surface area contributed by atoms with Crippen LogP contribution in [0.5, 0.6) is 5.88 Å². The lowest BCUT2D eigenvalue weighted by Crippen LogP contribution is -1.86. The molecule has 0 spiro atoms. The monoisotopic (exact) mass is 374 g/mol. The smallest absolute Gasteiger partial charge is 0.296 e. The van der Waals surface area contributed by atoms with Crippen LogP contribution >= 0.6 is 15.9 Å². The van der Waals surface area contributed by atoms with Crippen molar-refractivity contribution in [2.24, 2.45) is 10.2 Å². The number of nitro benzene ring substituents is 1. The van der Waals surface area contributed by atoms with Gasteiger partial charge in [-0.2, -0.15) is 0 Å². The third kappa shape index (κ3) is 2.80. The number of benzene rings is 2. The Balaban J connectivity index is 2.10. The van der Waals surface area contributed by atoms with Crippen LogP contribution in [0.2, 0.25) is 0 Å². The molecule has 0 aliphatic rings. The molecule has 0 fully saturated rings. The third-order valence-electron chi connectivity index (χ3n) is 3.37. The highest BCUT2D eigenvalue weighted by atomic mass is 79.9. The fourth-order valence-corrected chi connectivity index (χ4v) is 2.55. The minimum atomic E-state index is -0.523. The Labute approximate surface area is 139 Å². The van der Waals surface area contributed by atoms with E-state index in [2.05, 4.69) is 31.1 Å². The second-order valence-corrected chi connectivity index (χ2v) is 5.77. The Hall–Kier alpha value is -2.74. The van der Waals surface area contributed by atoms with Crippen molar-refractivity contribution in [3.63, 3.8) is 0 Å². The summed E-state index contributed by atoms with van der Waals surface area (Å²) >= 11 is 3.42. The van der Waals surface area contributed by atoms with E-state index in [1.165, 1.54) is 12.1 Å². The average molecular weight is 375 g/mol. The molecule has 0 atom stereocenters. The summed E-state index contributed by atoms with van der Waals surface area (Å²) in [5, 5.41) is 29.6. The first-order valence-corrected chi connectivity index (χ1v) is 7.42. The van der Waals surface area contributed by atoms with Crippen molar-refractivity contribution in [2.45, 2.75) is 6.92 Å². The summed E-state index contributed by atoms with van der Waals surface area (Å²) in [6.07, 6.45) is 0. The number of rotatable bonds is 3. The maximum absolute atomic E-state index is 11.0. The molecular weight excluding hydrogens is 364 g/mol. The zero-order valence-corrected chi connectivity index (χ0v) is 13.5. The highest BCUT2D eigenvalue weighted by molar-refractivity contribution is 9.10. The van der Waals surface area contributed by atoms with Crippen LogP contribution < -0.4 is 0 Å². The van der Waals surface area contributed by atoms with Crippen LogP contribution in [-0.2, 0) is 0 Å². The quantitative estimate of drug-likeness (QED) is 0.370. The number of azo groups is 1. The number of nitrogens with zero attached hydrogens (tertiary/aromatic N) is 3. The molecule has 116 valence electrons. The second-order valence-electron chi connectivity index (χ2n) is 4.92. The first kappa shape index (κ1) is 15.2. The van der Waals surface area contributed by atoms with Crippen LogP contribution in [0.4, 0.5) is 17.1 Å². The second kappa shape index (κ2) is 5.81. The van der Waals surface area contributed by atoms with Crippen molar-refractivity contribution in [2.75, 3.05) is 0 Å². The number of aryl methyl sites for hydroxylation is 1. The topological polar surface area (TPSA) is 104 Å². The lowest BCUT2D eigenvalue weighted by atomic mass is 10.1. The predicted molar refractivity (Wildman–Crippen MR) is 89.7 cm³/mol. The summed E-state index contributed by atoms with van der Waals surface area (Å²) in [6, 6.07) is 9.72. The number of nitrogens with one attached hydrogen (secondary N) is 1. The number of nitro groups is 1. The van der Waals surface area contributed by atoms with Crippen LogP contribution in [0, 0.1) is 17.0 Å². The molecule has 2 aromatic carbocycles. The number of H-pyrrole nitrogens is 1. The minimum Gasteiger partial charge on any atom is -0.493 e. The molecule has 0 bridgehead atoms. The summed E-state index contributed by atoms with van der Waals surface area (Å²) in [6.45, 7) is 1.91. The van der Waals surface area contributed by atoms with Crippen LogP contribution in [-0.4, -0.2) is 15.0 Å². The van der Waals surface area contributed by atoms with E-state index in [-0.39, 0.29) is 22.9 Å². The van der Waals surface area contributed by atoms with E-state index >= 15 is 0 Å². The lowest BCUT2D eigenvalue weighted by Gasteiger charge is -1.98. The van der Waals surface area contributed by atoms with E-state index in [0.29, 0.717) is 10.9 Å². The Morgan fingerprint density at radius 1 is 1.26 bits per heavy atom. The molecule has 23 heavy (non-hydrogen) atoms. The Bertz CT molecular complexity index is 949. The van der Waals surface area contributed by atoms with E-state index < -0.39 is 4.92 Å². The molecule has 0 saturated heterocycles. The van der Waals surface area contributed by atoms with Gasteiger partial charge in [-0.25, -0.2) is 0 Å². The van der Waals surface area contributed by atoms with Crippen LogP contribution in [0.1, 0.15) is 5.56 Å². The first-order valence-electron chi connectivity index (χ1n) is 6.63. The van der Waals surface area contributed by atoms with E-state index in [9.17, 15) is 15.2 Å². The average Bonchev–Trinajstić information content (AvgIpc) is 2.80. The first-order chi connectivity index (χ1) is 11.0. The third-order valence-corrected chi connectivity index (χ3v) is 4.22.